The highest BCUT2D eigenvalue weighted by Crippen LogP contribution is 2.37. The topological polar surface area (TPSA) is 35.8 Å². The fraction of sp³-hybridized carbons (Fsp3) is 0.917. The molecule has 0 radical (unpaired) electrons. The van der Waals surface area contributed by atoms with Crippen LogP contribution in [0, 0.1) is 17.2 Å². The van der Waals surface area contributed by atoms with E-state index in [0.717, 1.165) is 18.8 Å². The lowest BCUT2D eigenvalue weighted by Crippen LogP contribution is -2.51. The van der Waals surface area contributed by atoms with Crippen molar-refractivity contribution in [3.63, 3.8) is 0 Å². The van der Waals surface area contributed by atoms with Gasteiger partial charge in [-0.1, -0.05) is 13.3 Å². The van der Waals surface area contributed by atoms with Crippen molar-refractivity contribution in [3.05, 3.63) is 0 Å². The van der Waals surface area contributed by atoms with Crippen molar-refractivity contribution in [2.45, 2.75) is 64.5 Å². The summed E-state index contributed by atoms with van der Waals surface area (Å²) in [6, 6.07) is 2.49. The third-order valence-corrected chi connectivity index (χ3v) is 3.02. The molecule has 0 aliphatic heterocycles. The summed E-state index contributed by atoms with van der Waals surface area (Å²) in [5, 5.41) is 12.8. The van der Waals surface area contributed by atoms with Gasteiger partial charge in [-0.3, -0.25) is 5.32 Å². The highest BCUT2D eigenvalue weighted by atomic mass is 15.0. The Balaban J connectivity index is 2.67. The van der Waals surface area contributed by atoms with E-state index in [0.29, 0.717) is 0 Å². The monoisotopic (exact) mass is 194 g/mol. The van der Waals surface area contributed by atoms with Crippen molar-refractivity contribution in [2.24, 2.45) is 5.92 Å². The summed E-state index contributed by atoms with van der Waals surface area (Å²) in [5.41, 5.74) is -0.211. The summed E-state index contributed by atoms with van der Waals surface area (Å²) in [6.07, 6.45) is 4.44. The lowest BCUT2D eigenvalue weighted by molar-refractivity contribution is 0.295. The van der Waals surface area contributed by atoms with Gasteiger partial charge in [0.1, 0.15) is 5.54 Å². The molecule has 1 saturated carbocycles. The predicted octanol–water partition coefficient (Wildman–Crippen LogP) is 2.85. The average Bonchev–Trinajstić information content (AvgIpc) is 2.46. The quantitative estimate of drug-likeness (QED) is 0.733. The first-order valence-electron chi connectivity index (χ1n) is 5.61. The molecule has 2 unspecified atom stereocenters. The molecular formula is C12H22N2. The zero-order chi connectivity index (χ0) is 10.8. The molecule has 0 aromatic heterocycles. The Kier molecular flexibility index (Phi) is 3.21. The van der Waals surface area contributed by atoms with E-state index in [1.54, 1.807) is 0 Å². The zero-order valence-corrected chi connectivity index (χ0v) is 9.85. The molecular weight excluding hydrogens is 172 g/mol. The van der Waals surface area contributed by atoms with Gasteiger partial charge in [0.2, 0.25) is 0 Å². The Morgan fingerprint density at radius 2 is 2.14 bits per heavy atom. The summed E-state index contributed by atoms with van der Waals surface area (Å²) < 4.78 is 0. The second kappa shape index (κ2) is 3.90. The molecule has 2 heteroatoms. The Morgan fingerprint density at radius 3 is 2.50 bits per heavy atom. The van der Waals surface area contributed by atoms with Crippen LogP contribution in [0.5, 0.6) is 0 Å². The molecule has 0 spiro atoms. The average molecular weight is 194 g/mol. The number of nitrogens with zero attached hydrogens (tertiary/aromatic N) is 1. The minimum absolute atomic E-state index is 0.0400. The maximum Gasteiger partial charge on any atom is 0.107 e. The third kappa shape index (κ3) is 2.72. The first-order valence-corrected chi connectivity index (χ1v) is 5.61. The number of hydrogen-bond acceptors (Lipinski definition) is 2. The lowest BCUT2D eigenvalue weighted by atomic mass is 9.93. The van der Waals surface area contributed by atoms with Gasteiger partial charge in [-0.15, -0.1) is 0 Å². The molecule has 1 aliphatic carbocycles. The molecule has 1 aliphatic rings. The molecule has 1 rings (SSSR count). The molecule has 1 N–H and O–H groups in total. The van der Waals surface area contributed by atoms with E-state index in [2.05, 4.69) is 39.1 Å². The first-order chi connectivity index (χ1) is 6.41. The summed E-state index contributed by atoms with van der Waals surface area (Å²) in [4.78, 5) is 0. The molecule has 0 saturated heterocycles. The van der Waals surface area contributed by atoms with Crippen LogP contribution < -0.4 is 5.32 Å². The summed E-state index contributed by atoms with van der Waals surface area (Å²) >= 11 is 0. The van der Waals surface area contributed by atoms with E-state index in [1.807, 2.05) is 0 Å². The van der Waals surface area contributed by atoms with Gasteiger partial charge in [0, 0.05) is 5.54 Å². The van der Waals surface area contributed by atoms with Gasteiger partial charge in [-0.25, -0.2) is 0 Å². The zero-order valence-electron chi connectivity index (χ0n) is 9.85. The highest BCUT2D eigenvalue weighted by molar-refractivity contribution is 5.13. The summed E-state index contributed by atoms with van der Waals surface area (Å²) in [7, 11) is 0. The maximum absolute atomic E-state index is 9.28. The van der Waals surface area contributed by atoms with Gasteiger partial charge in [0.15, 0.2) is 0 Å². The smallest absolute Gasteiger partial charge is 0.107 e. The second-order valence-electron chi connectivity index (χ2n) is 5.59. The molecule has 0 bridgehead atoms. The fourth-order valence-electron chi connectivity index (χ4n) is 2.46. The number of nitriles is 1. The van der Waals surface area contributed by atoms with E-state index in [-0.39, 0.29) is 11.1 Å². The van der Waals surface area contributed by atoms with Crippen molar-refractivity contribution in [1.82, 2.24) is 5.32 Å². The Bertz CT molecular complexity index is 234. The van der Waals surface area contributed by atoms with Crippen LogP contribution in [-0.2, 0) is 0 Å². The second-order valence-corrected chi connectivity index (χ2v) is 5.59. The molecule has 14 heavy (non-hydrogen) atoms. The molecule has 2 nitrogen and oxygen atoms in total. The van der Waals surface area contributed by atoms with Gasteiger partial charge >= 0.3 is 0 Å². The van der Waals surface area contributed by atoms with Gasteiger partial charge in [0.25, 0.3) is 0 Å². The van der Waals surface area contributed by atoms with Crippen LogP contribution in [0.3, 0.4) is 0 Å². The van der Waals surface area contributed by atoms with Crippen LogP contribution in [-0.4, -0.2) is 11.1 Å². The molecule has 0 amide bonds. The Morgan fingerprint density at radius 1 is 1.50 bits per heavy atom. The third-order valence-electron chi connectivity index (χ3n) is 3.02. The summed E-state index contributed by atoms with van der Waals surface area (Å²) in [5.74, 6) is 0.740. The molecule has 0 aromatic rings. The van der Waals surface area contributed by atoms with Crippen LogP contribution in [0.15, 0.2) is 0 Å². The van der Waals surface area contributed by atoms with E-state index in [1.165, 1.54) is 12.8 Å². The normalized spacial score (nSPS) is 32.9. The number of nitrogens with one attached hydrogen (secondary N) is 1. The minimum atomic E-state index is -0.251. The van der Waals surface area contributed by atoms with Crippen LogP contribution in [0.25, 0.3) is 0 Å². The van der Waals surface area contributed by atoms with E-state index < -0.39 is 0 Å². The van der Waals surface area contributed by atoms with Crippen molar-refractivity contribution in [3.8, 4) is 6.07 Å². The van der Waals surface area contributed by atoms with E-state index >= 15 is 0 Å². The number of rotatable bonds is 2. The van der Waals surface area contributed by atoms with E-state index in [9.17, 15) is 5.26 Å². The van der Waals surface area contributed by atoms with Crippen molar-refractivity contribution < 1.29 is 0 Å². The predicted molar refractivity (Wildman–Crippen MR) is 58.9 cm³/mol. The molecule has 0 heterocycles. The standard InChI is InChI=1S/C12H22N2/c1-5-10-6-7-12(8-10,9-13)14-11(2,3)4/h10,14H,5-8H2,1-4H3. The Hall–Kier alpha value is -0.550. The molecule has 80 valence electrons. The number of hydrogen-bond donors (Lipinski definition) is 1. The van der Waals surface area contributed by atoms with Crippen molar-refractivity contribution >= 4 is 0 Å². The van der Waals surface area contributed by atoms with Gasteiger partial charge in [0.05, 0.1) is 6.07 Å². The highest BCUT2D eigenvalue weighted by Gasteiger charge is 2.40. The maximum atomic E-state index is 9.28. The van der Waals surface area contributed by atoms with Crippen LogP contribution in [0.2, 0.25) is 0 Å². The lowest BCUT2D eigenvalue weighted by Gasteiger charge is -2.32. The first kappa shape index (κ1) is 11.5. The van der Waals surface area contributed by atoms with Gasteiger partial charge in [-0.05, 0) is 46.0 Å². The Labute approximate surface area is 87.7 Å². The molecule has 2 atom stereocenters. The van der Waals surface area contributed by atoms with Crippen LogP contribution in [0.1, 0.15) is 53.4 Å². The van der Waals surface area contributed by atoms with Gasteiger partial charge < -0.3 is 0 Å². The van der Waals surface area contributed by atoms with Gasteiger partial charge in [-0.2, -0.15) is 5.26 Å². The fourth-order valence-corrected chi connectivity index (χ4v) is 2.46. The van der Waals surface area contributed by atoms with Crippen molar-refractivity contribution in [1.29, 1.82) is 5.26 Å². The van der Waals surface area contributed by atoms with Crippen LogP contribution in [0.4, 0.5) is 0 Å². The summed E-state index contributed by atoms with van der Waals surface area (Å²) in [6.45, 7) is 8.61. The SMILES string of the molecule is CCC1CCC(C#N)(NC(C)(C)C)C1. The molecule has 1 fully saturated rings. The van der Waals surface area contributed by atoms with Crippen molar-refractivity contribution in [2.75, 3.05) is 0 Å². The largest absolute Gasteiger partial charge is 0.295 e. The molecule has 0 aromatic carbocycles. The van der Waals surface area contributed by atoms with Crippen LogP contribution >= 0.6 is 0 Å². The minimum Gasteiger partial charge on any atom is -0.295 e. The van der Waals surface area contributed by atoms with E-state index in [4.69, 9.17) is 0 Å².